The maximum Gasteiger partial charge on any atom is 0.261 e. The molecule has 0 radical (unpaired) electrons. The predicted octanol–water partition coefficient (Wildman–Crippen LogP) is 4.09. The molecule has 7 heteroatoms. The fourth-order valence-corrected chi connectivity index (χ4v) is 4.74. The minimum atomic E-state index is -0.331. The van der Waals surface area contributed by atoms with Gasteiger partial charge in [-0.05, 0) is 55.0 Å². The standard InChI is InChI=1S/C27H25N3O4/c31-23(28-20-10-3-9-19(17-20)25(32)29-14-1-2-15-29)13-6-16-30-26(33)21-11-4-7-18-8-5-12-22(24(18)21)27(30)34/h3-5,7-12,17H,1-2,6,13-16H2,(H,28,31). The smallest absolute Gasteiger partial charge is 0.261 e. The highest BCUT2D eigenvalue weighted by Gasteiger charge is 2.32. The lowest BCUT2D eigenvalue weighted by Gasteiger charge is -2.27. The van der Waals surface area contributed by atoms with Crippen molar-refractivity contribution in [3.63, 3.8) is 0 Å². The monoisotopic (exact) mass is 455 g/mol. The van der Waals surface area contributed by atoms with Gasteiger partial charge in [0.1, 0.15) is 0 Å². The number of hydrogen-bond acceptors (Lipinski definition) is 4. The molecule has 2 aliphatic rings. The van der Waals surface area contributed by atoms with Gasteiger partial charge in [0.25, 0.3) is 17.7 Å². The van der Waals surface area contributed by atoms with E-state index in [1.165, 1.54) is 4.90 Å². The van der Waals surface area contributed by atoms with Gasteiger partial charge in [0.05, 0.1) is 0 Å². The zero-order chi connectivity index (χ0) is 23.7. The molecule has 0 aromatic heterocycles. The van der Waals surface area contributed by atoms with E-state index in [2.05, 4.69) is 5.32 Å². The fraction of sp³-hybridized carbons (Fsp3) is 0.259. The number of nitrogens with zero attached hydrogens (tertiary/aromatic N) is 2. The van der Waals surface area contributed by atoms with E-state index in [0.717, 1.165) is 31.3 Å². The van der Waals surface area contributed by atoms with Crippen LogP contribution in [0.15, 0.2) is 60.7 Å². The van der Waals surface area contributed by atoms with Gasteiger partial charge in [0, 0.05) is 53.8 Å². The first-order valence-corrected chi connectivity index (χ1v) is 11.6. The molecule has 34 heavy (non-hydrogen) atoms. The average Bonchev–Trinajstić information content (AvgIpc) is 3.39. The van der Waals surface area contributed by atoms with Gasteiger partial charge in [-0.15, -0.1) is 0 Å². The molecule has 0 unspecified atom stereocenters. The maximum absolute atomic E-state index is 13.0. The number of imide groups is 1. The number of carbonyl (C=O) groups excluding carboxylic acids is 4. The summed E-state index contributed by atoms with van der Waals surface area (Å²) in [6, 6.07) is 17.8. The number of benzene rings is 3. The third-order valence-corrected chi connectivity index (χ3v) is 6.43. The fourth-order valence-electron chi connectivity index (χ4n) is 4.74. The molecular weight excluding hydrogens is 430 g/mol. The van der Waals surface area contributed by atoms with Crippen molar-refractivity contribution >= 4 is 40.1 Å². The van der Waals surface area contributed by atoms with Crippen LogP contribution in [0.3, 0.4) is 0 Å². The molecule has 172 valence electrons. The molecular formula is C27H25N3O4. The Labute approximate surface area is 197 Å². The lowest BCUT2D eigenvalue weighted by atomic mass is 9.94. The summed E-state index contributed by atoms with van der Waals surface area (Å²) in [5, 5.41) is 4.38. The van der Waals surface area contributed by atoms with Crippen molar-refractivity contribution < 1.29 is 19.2 Å². The van der Waals surface area contributed by atoms with Crippen molar-refractivity contribution in [3.05, 3.63) is 77.4 Å². The highest BCUT2D eigenvalue weighted by molar-refractivity contribution is 6.25. The Hall–Kier alpha value is -4.00. The van der Waals surface area contributed by atoms with E-state index in [0.29, 0.717) is 34.2 Å². The molecule has 7 nitrogen and oxygen atoms in total. The van der Waals surface area contributed by atoms with Crippen LogP contribution in [0.5, 0.6) is 0 Å². The Balaban J connectivity index is 1.20. The first-order valence-electron chi connectivity index (χ1n) is 11.6. The summed E-state index contributed by atoms with van der Waals surface area (Å²) in [7, 11) is 0. The number of likely N-dealkylation sites (tertiary alicyclic amines) is 1. The van der Waals surface area contributed by atoms with Gasteiger partial charge in [-0.3, -0.25) is 24.1 Å². The third kappa shape index (κ3) is 4.05. The second kappa shape index (κ2) is 9.09. The summed E-state index contributed by atoms with van der Waals surface area (Å²) in [5.41, 5.74) is 2.13. The van der Waals surface area contributed by atoms with E-state index < -0.39 is 0 Å². The average molecular weight is 456 g/mol. The van der Waals surface area contributed by atoms with Gasteiger partial charge in [-0.2, -0.15) is 0 Å². The van der Waals surface area contributed by atoms with Crippen molar-refractivity contribution in [1.82, 2.24) is 9.80 Å². The molecule has 0 aliphatic carbocycles. The van der Waals surface area contributed by atoms with Crippen LogP contribution < -0.4 is 5.32 Å². The molecule has 0 atom stereocenters. The molecule has 1 fully saturated rings. The van der Waals surface area contributed by atoms with E-state index in [1.54, 1.807) is 36.4 Å². The highest BCUT2D eigenvalue weighted by atomic mass is 16.2. The van der Waals surface area contributed by atoms with E-state index in [-0.39, 0.29) is 36.6 Å². The third-order valence-electron chi connectivity index (χ3n) is 6.43. The molecule has 5 rings (SSSR count). The van der Waals surface area contributed by atoms with Crippen LogP contribution in [0.4, 0.5) is 5.69 Å². The molecule has 3 aromatic carbocycles. The Morgan fingerprint density at radius 2 is 1.50 bits per heavy atom. The van der Waals surface area contributed by atoms with Crippen LogP contribution >= 0.6 is 0 Å². The van der Waals surface area contributed by atoms with Gasteiger partial charge >= 0.3 is 0 Å². The number of rotatable bonds is 6. The second-order valence-electron chi connectivity index (χ2n) is 8.70. The van der Waals surface area contributed by atoms with Crippen LogP contribution in [0.2, 0.25) is 0 Å². The summed E-state index contributed by atoms with van der Waals surface area (Å²) in [6.45, 7) is 1.69. The summed E-state index contributed by atoms with van der Waals surface area (Å²) in [5.74, 6) is -0.915. The number of anilines is 1. The quantitative estimate of drug-likeness (QED) is 0.567. The SMILES string of the molecule is O=C(CCCN1C(=O)c2cccc3cccc(c23)C1=O)Nc1cccc(C(=O)N2CCCC2)c1. The van der Waals surface area contributed by atoms with Crippen molar-refractivity contribution in [2.24, 2.45) is 0 Å². The van der Waals surface area contributed by atoms with Crippen molar-refractivity contribution in [1.29, 1.82) is 0 Å². The molecule has 0 bridgehead atoms. The number of nitrogens with one attached hydrogen (secondary N) is 1. The van der Waals surface area contributed by atoms with Gasteiger partial charge < -0.3 is 10.2 Å². The largest absolute Gasteiger partial charge is 0.339 e. The van der Waals surface area contributed by atoms with E-state index in [9.17, 15) is 19.2 Å². The van der Waals surface area contributed by atoms with Crippen LogP contribution in [0.1, 0.15) is 56.8 Å². The van der Waals surface area contributed by atoms with Gasteiger partial charge in [0.15, 0.2) is 0 Å². The van der Waals surface area contributed by atoms with Crippen molar-refractivity contribution in [3.8, 4) is 0 Å². The van der Waals surface area contributed by atoms with Crippen molar-refractivity contribution in [2.45, 2.75) is 25.7 Å². The second-order valence-corrected chi connectivity index (χ2v) is 8.70. The molecule has 1 N–H and O–H groups in total. The summed E-state index contributed by atoms with van der Waals surface area (Å²) < 4.78 is 0. The predicted molar refractivity (Wildman–Crippen MR) is 129 cm³/mol. The molecule has 0 spiro atoms. The lowest BCUT2D eigenvalue weighted by Crippen LogP contribution is -2.41. The molecule has 2 heterocycles. The van der Waals surface area contributed by atoms with Gasteiger partial charge in [-0.1, -0.05) is 30.3 Å². The normalized spacial score (nSPS) is 15.2. The molecule has 1 saturated heterocycles. The lowest BCUT2D eigenvalue weighted by molar-refractivity contribution is -0.116. The first-order chi connectivity index (χ1) is 16.5. The first kappa shape index (κ1) is 21.8. The topological polar surface area (TPSA) is 86.8 Å². The van der Waals surface area contributed by atoms with Crippen LogP contribution in [0.25, 0.3) is 10.8 Å². The number of amides is 4. The zero-order valence-corrected chi connectivity index (χ0v) is 18.8. The van der Waals surface area contributed by atoms with E-state index >= 15 is 0 Å². The highest BCUT2D eigenvalue weighted by Crippen LogP contribution is 2.30. The van der Waals surface area contributed by atoms with Crippen LogP contribution in [0, 0.1) is 0 Å². The Bertz CT molecular complexity index is 1260. The van der Waals surface area contributed by atoms with Gasteiger partial charge in [0.2, 0.25) is 5.91 Å². The molecule has 3 aromatic rings. The summed E-state index contributed by atoms with van der Waals surface area (Å²) >= 11 is 0. The Morgan fingerprint density at radius 1 is 0.853 bits per heavy atom. The Kier molecular flexibility index (Phi) is 5.84. The molecule has 0 saturated carbocycles. The van der Waals surface area contributed by atoms with E-state index in [1.807, 2.05) is 29.2 Å². The maximum atomic E-state index is 13.0. The minimum absolute atomic E-state index is 0.0222. The van der Waals surface area contributed by atoms with Crippen LogP contribution in [-0.4, -0.2) is 53.1 Å². The van der Waals surface area contributed by atoms with Crippen molar-refractivity contribution in [2.75, 3.05) is 25.0 Å². The number of carbonyl (C=O) groups is 4. The van der Waals surface area contributed by atoms with Crippen LogP contribution in [-0.2, 0) is 4.79 Å². The Morgan fingerprint density at radius 3 is 2.18 bits per heavy atom. The van der Waals surface area contributed by atoms with Gasteiger partial charge in [-0.25, -0.2) is 0 Å². The zero-order valence-electron chi connectivity index (χ0n) is 18.8. The number of hydrogen-bond donors (Lipinski definition) is 1. The minimum Gasteiger partial charge on any atom is -0.339 e. The molecule has 2 aliphatic heterocycles. The summed E-state index contributed by atoms with van der Waals surface area (Å²) in [6.07, 6.45) is 2.52. The van der Waals surface area contributed by atoms with E-state index in [4.69, 9.17) is 0 Å². The summed E-state index contributed by atoms with van der Waals surface area (Å²) in [4.78, 5) is 54.1. The molecule has 4 amide bonds.